The van der Waals surface area contributed by atoms with Gasteiger partial charge in [0.25, 0.3) is 12.2 Å². The summed E-state index contributed by atoms with van der Waals surface area (Å²) < 4.78 is 159. The first kappa shape index (κ1) is 27.6. The summed E-state index contributed by atoms with van der Waals surface area (Å²) in [5.41, 5.74) is 0. The predicted molar refractivity (Wildman–Crippen MR) is 80.9 cm³/mol. The van der Waals surface area contributed by atoms with Gasteiger partial charge in [-0.3, -0.25) is 0 Å². The van der Waals surface area contributed by atoms with Crippen molar-refractivity contribution in [3.8, 4) is 12.0 Å². The number of ether oxygens (including phenoxy) is 2. The van der Waals surface area contributed by atoms with Crippen LogP contribution in [0, 0.1) is 0 Å². The van der Waals surface area contributed by atoms with Gasteiger partial charge in [0.1, 0.15) is 0 Å². The minimum atomic E-state index is -6.07. The summed E-state index contributed by atoms with van der Waals surface area (Å²) in [5.74, 6) is -0.965. The second kappa shape index (κ2) is 10.0. The number of nitrogens with one attached hydrogen (secondary N) is 1. The van der Waals surface area contributed by atoms with E-state index in [2.05, 4.69) is 29.7 Å². The molecule has 0 fully saturated rings. The molecule has 0 atom stereocenters. The second-order valence-electron chi connectivity index (χ2n) is 6.02. The predicted octanol–water partition coefficient (Wildman–Crippen LogP) is 5.22. The molecule has 186 valence electrons. The highest BCUT2D eigenvalue weighted by Crippen LogP contribution is 2.38. The van der Waals surface area contributed by atoms with Crippen molar-refractivity contribution in [2.45, 2.75) is 63.1 Å². The van der Waals surface area contributed by atoms with Crippen LogP contribution >= 0.6 is 0 Å². The maximum absolute atomic E-state index is 12.7. The van der Waals surface area contributed by atoms with Crippen LogP contribution < -0.4 is 14.8 Å². The van der Waals surface area contributed by atoms with Crippen LogP contribution in [0.2, 0.25) is 0 Å². The molecule has 1 aromatic rings. The van der Waals surface area contributed by atoms with Crippen LogP contribution in [-0.4, -0.2) is 58.4 Å². The Morgan fingerprint density at radius 3 is 1.34 bits per heavy atom. The van der Waals surface area contributed by atoms with Crippen LogP contribution in [-0.2, 0) is 0 Å². The fourth-order valence-corrected chi connectivity index (χ4v) is 1.95. The Bertz CT molecular complexity index is 652. The third-order valence-electron chi connectivity index (χ3n) is 3.29. The third-order valence-corrected chi connectivity index (χ3v) is 3.29. The normalized spacial score (nSPS) is 13.6. The lowest BCUT2D eigenvalue weighted by Crippen LogP contribution is -2.47. The smallest absolute Gasteiger partial charge is 0.434 e. The third kappa shape index (κ3) is 8.60. The standard InChI is InChI=1S/C14H14F12N4O2/c1-2-3-4-5-27-8-28-9(31-6(11(15,16)17)12(18,19)20)30-10(29-8)32-7(13(21,22)23)14(24,25)26/h6-7H,2-5H2,1H3,(H,27,28,29,30). The van der Waals surface area contributed by atoms with E-state index in [4.69, 9.17) is 0 Å². The van der Waals surface area contributed by atoms with Gasteiger partial charge in [0.2, 0.25) is 5.95 Å². The lowest BCUT2D eigenvalue weighted by molar-refractivity contribution is -0.302. The van der Waals surface area contributed by atoms with E-state index in [0.717, 1.165) is 0 Å². The number of hydrogen-bond acceptors (Lipinski definition) is 6. The lowest BCUT2D eigenvalue weighted by atomic mass is 10.2. The number of aromatic nitrogens is 3. The van der Waals surface area contributed by atoms with Gasteiger partial charge in [-0.05, 0) is 6.42 Å². The molecule has 1 rings (SSSR count). The van der Waals surface area contributed by atoms with E-state index in [1.165, 1.54) is 0 Å². The fourth-order valence-electron chi connectivity index (χ4n) is 1.95. The van der Waals surface area contributed by atoms with Crippen LogP contribution in [0.1, 0.15) is 26.2 Å². The zero-order valence-corrected chi connectivity index (χ0v) is 15.7. The van der Waals surface area contributed by atoms with Crippen LogP contribution in [0.4, 0.5) is 58.6 Å². The van der Waals surface area contributed by atoms with Crippen molar-refractivity contribution in [3.05, 3.63) is 0 Å². The van der Waals surface area contributed by atoms with Gasteiger partial charge in [-0.2, -0.15) is 62.7 Å². The molecule has 0 saturated carbocycles. The molecular formula is C14H14F12N4O2. The van der Waals surface area contributed by atoms with Gasteiger partial charge in [0, 0.05) is 6.54 Å². The number of halogens is 12. The van der Waals surface area contributed by atoms with Gasteiger partial charge >= 0.3 is 36.7 Å². The summed E-state index contributed by atoms with van der Waals surface area (Å²) in [6, 6.07) is -3.73. The average Bonchev–Trinajstić information content (AvgIpc) is 2.57. The van der Waals surface area contributed by atoms with E-state index in [1.54, 1.807) is 6.92 Å². The summed E-state index contributed by atoms with van der Waals surface area (Å²) in [7, 11) is 0. The molecule has 0 aromatic carbocycles. The van der Waals surface area contributed by atoms with Gasteiger partial charge in [0.05, 0.1) is 0 Å². The Balaban J connectivity index is 3.35. The van der Waals surface area contributed by atoms with Crippen LogP contribution in [0.3, 0.4) is 0 Å². The van der Waals surface area contributed by atoms with Gasteiger partial charge < -0.3 is 14.8 Å². The summed E-state index contributed by atoms with van der Waals surface area (Å²) in [5, 5.41) is 2.21. The first-order valence-corrected chi connectivity index (χ1v) is 8.45. The molecule has 0 unspecified atom stereocenters. The molecule has 0 spiro atoms. The highest BCUT2D eigenvalue weighted by Gasteiger charge is 2.61. The van der Waals surface area contributed by atoms with Gasteiger partial charge in [-0.25, -0.2) is 0 Å². The second-order valence-corrected chi connectivity index (χ2v) is 6.02. The monoisotopic (exact) mass is 498 g/mol. The quantitative estimate of drug-likeness (QED) is 0.372. The molecule has 32 heavy (non-hydrogen) atoms. The Kier molecular flexibility index (Phi) is 8.64. The first-order chi connectivity index (χ1) is 14.4. The number of nitrogens with zero attached hydrogens (tertiary/aromatic N) is 3. The molecule has 1 N–H and O–H groups in total. The molecule has 18 heteroatoms. The van der Waals surface area contributed by atoms with E-state index in [9.17, 15) is 52.7 Å². The van der Waals surface area contributed by atoms with Crippen molar-refractivity contribution >= 4 is 5.95 Å². The van der Waals surface area contributed by atoms with Crippen LogP contribution in [0.25, 0.3) is 0 Å². The molecule has 0 aliphatic heterocycles. The van der Waals surface area contributed by atoms with E-state index < -0.39 is 54.9 Å². The van der Waals surface area contributed by atoms with E-state index in [-0.39, 0.29) is 6.54 Å². The highest BCUT2D eigenvalue weighted by atomic mass is 19.4. The SMILES string of the molecule is CCCCCNc1nc(OC(C(F)(F)F)C(F)(F)F)nc(OC(C(F)(F)F)C(F)(F)F)n1. The molecule has 6 nitrogen and oxygen atoms in total. The summed E-state index contributed by atoms with van der Waals surface area (Å²) in [6.07, 6.45) is -31.8. The van der Waals surface area contributed by atoms with Gasteiger partial charge in [-0.15, -0.1) is 4.98 Å². The fraction of sp³-hybridized carbons (Fsp3) is 0.786. The van der Waals surface area contributed by atoms with Crippen LogP contribution in [0.15, 0.2) is 0 Å². The number of alkyl halides is 12. The summed E-state index contributed by atoms with van der Waals surface area (Å²) in [6.45, 7) is 1.68. The molecular weight excluding hydrogens is 484 g/mol. The van der Waals surface area contributed by atoms with Gasteiger partial charge in [-0.1, -0.05) is 19.8 Å². The van der Waals surface area contributed by atoms with Crippen molar-refractivity contribution in [2.24, 2.45) is 0 Å². The number of anilines is 1. The van der Waals surface area contributed by atoms with Crippen molar-refractivity contribution in [2.75, 3.05) is 11.9 Å². The van der Waals surface area contributed by atoms with E-state index in [0.29, 0.717) is 19.3 Å². The topological polar surface area (TPSA) is 69.2 Å². The Hall–Kier alpha value is -2.43. The number of hydrogen-bond donors (Lipinski definition) is 1. The summed E-state index contributed by atoms with van der Waals surface area (Å²) >= 11 is 0. The van der Waals surface area contributed by atoms with E-state index in [1.807, 2.05) is 0 Å². The van der Waals surface area contributed by atoms with Crippen molar-refractivity contribution in [1.82, 2.24) is 15.0 Å². The largest absolute Gasteiger partial charge is 0.440 e. The first-order valence-electron chi connectivity index (χ1n) is 8.45. The lowest BCUT2D eigenvalue weighted by Gasteiger charge is -2.24. The van der Waals surface area contributed by atoms with E-state index >= 15 is 0 Å². The van der Waals surface area contributed by atoms with Crippen molar-refractivity contribution in [3.63, 3.8) is 0 Å². The van der Waals surface area contributed by atoms with Crippen molar-refractivity contribution in [1.29, 1.82) is 0 Å². The number of rotatable bonds is 9. The molecule has 1 heterocycles. The molecule has 1 aromatic heterocycles. The Labute approximate surface area is 171 Å². The highest BCUT2D eigenvalue weighted by molar-refractivity contribution is 5.27. The molecule has 0 bridgehead atoms. The average molecular weight is 498 g/mol. The molecule has 0 aliphatic rings. The molecule has 0 saturated heterocycles. The summed E-state index contributed by atoms with van der Waals surface area (Å²) in [4.78, 5) is 8.67. The minimum absolute atomic E-state index is 0.0827. The minimum Gasteiger partial charge on any atom is -0.440 e. The maximum Gasteiger partial charge on any atom is 0.434 e. The van der Waals surface area contributed by atoms with Crippen LogP contribution in [0.5, 0.6) is 12.0 Å². The molecule has 0 aliphatic carbocycles. The zero-order chi connectivity index (χ0) is 25.0. The van der Waals surface area contributed by atoms with Crippen molar-refractivity contribution < 1.29 is 62.2 Å². The Morgan fingerprint density at radius 2 is 1.03 bits per heavy atom. The Morgan fingerprint density at radius 1 is 0.656 bits per heavy atom. The maximum atomic E-state index is 12.7. The van der Waals surface area contributed by atoms with Gasteiger partial charge in [0.15, 0.2) is 0 Å². The molecule has 0 amide bonds. The number of unbranched alkanes of at least 4 members (excludes halogenated alkanes) is 2. The zero-order valence-electron chi connectivity index (χ0n) is 15.7. The molecule has 0 radical (unpaired) electrons.